The van der Waals surface area contributed by atoms with Crippen molar-refractivity contribution in [1.82, 2.24) is 9.55 Å². The van der Waals surface area contributed by atoms with Crippen LogP contribution in [0.3, 0.4) is 0 Å². The second-order valence-electron chi connectivity index (χ2n) is 7.70. The minimum absolute atomic E-state index is 0.204. The van der Waals surface area contributed by atoms with Crippen LogP contribution in [0.2, 0.25) is 0 Å². The second-order valence-corrected chi connectivity index (χ2v) is 9.67. The van der Waals surface area contributed by atoms with E-state index in [-0.39, 0.29) is 4.90 Å². The number of fused-ring (bicyclic) bond motifs is 1. The number of anilines is 1. The lowest BCUT2D eigenvalue weighted by Crippen LogP contribution is -2.26. The van der Waals surface area contributed by atoms with Crippen molar-refractivity contribution < 1.29 is 8.42 Å². The number of hydrogen-bond donors (Lipinski definition) is 1. The van der Waals surface area contributed by atoms with Crippen LogP contribution >= 0.6 is 0 Å². The van der Waals surface area contributed by atoms with Gasteiger partial charge < -0.3 is 10.3 Å². The van der Waals surface area contributed by atoms with E-state index in [0.717, 1.165) is 22.6 Å². The van der Waals surface area contributed by atoms with Gasteiger partial charge in [-0.1, -0.05) is 24.8 Å². The third kappa shape index (κ3) is 4.91. The van der Waals surface area contributed by atoms with Crippen molar-refractivity contribution in [3.05, 3.63) is 78.3 Å². The number of nitrogens with zero attached hydrogens (tertiary/aromatic N) is 4. The van der Waals surface area contributed by atoms with Crippen LogP contribution in [0.4, 0.5) is 5.69 Å². The molecule has 0 radical (unpaired) electrons. The number of allylic oxidation sites excluding steroid dienone is 2. The SMILES string of the molecule is C=C(C)/C(N)=C\C(C)=NCCc1nc2cc(S(=O)(=O)N(C)c3ccccc3)ccc2n1C. The summed E-state index contributed by atoms with van der Waals surface area (Å²) in [4.78, 5) is 9.39. The lowest BCUT2D eigenvalue weighted by atomic mass is 10.2. The topological polar surface area (TPSA) is 93.6 Å². The van der Waals surface area contributed by atoms with E-state index in [1.54, 1.807) is 43.5 Å². The molecule has 2 N–H and O–H groups in total. The van der Waals surface area contributed by atoms with Crippen LogP contribution in [0.5, 0.6) is 0 Å². The molecule has 0 aliphatic rings. The molecule has 8 heteroatoms. The van der Waals surface area contributed by atoms with Gasteiger partial charge in [-0.2, -0.15) is 0 Å². The number of aliphatic imine (C=N–C) groups is 1. The Balaban J connectivity index is 1.84. The summed E-state index contributed by atoms with van der Waals surface area (Å²) in [5.74, 6) is 0.833. The van der Waals surface area contributed by atoms with Gasteiger partial charge in [0.25, 0.3) is 10.0 Å². The minimum atomic E-state index is -3.70. The van der Waals surface area contributed by atoms with Crippen LogP contribution in [-0.4, -0.2) is 37.3 Å². The Bertz CT molecular complexity index is 1300. The standard InChI is InChI=1S/C24H29N5O2S/c1-17(2)21(25)15-18(3)26-14-13-24-27-22-16-20(11-12-23(22)28(24)4)32(30,31)29(5)19-9-7-6-8-10-19/h6-12,15-16H,1,13-14,25H2,2-5H3/b21-15+,26-18?. The maximum Gasteiger partial charge on any atom is 0.264 e. The summed E-state index contributed by atoms with van der Waals surface area (Å²) in [5.41, 5.74) is 10.2. The van der Waals surface area contributed by atoms with Crippen molar-refractivity contribution in [2.75, 3.05) is 17.9 Å². The van der Waals surface area contributed by atoms with Crippen LogP contribution in [0.1, 0.15) is 19.7 Å². The lowest BCUT2D eigenvalue weighted by Gasteiger charge is -2.19. The molecule has 7 nitrogen and oxygen atoms in total. The van der Waals surface area contributed by atoms with Gasteiger partial charge >= 0.3 is 0 Å². The first-order valence-electron chi connectivity index (χ1n) is 10.2. The van der Waals surface area contributed by atoms with Gasteiger partial charge in [0.1, 0.15) is 5.82 Å². The highest BCUT2D eigenvalue weighted by Gasteiger charge is 2.22. The summed E-state index contributed by atoms with van der Waals surface area (Å²) in [6.07, 6.45) is 2.42. The average Bonchev–Trinajstić information content (AvgIpc) is 3.08. The molecule has 0 aliphatic heterocycles. The van der Waals surface area contributed by atoms with Gasteiger partial charge in [0.2, 0.25) is 0 Å². The van der Waals surface area contributed by atoms with Crippen molar-refractivity contribution in [2.45, 2.75) is 25.2 Å². The molecular formula is C24H29N5O2S. The van der Waals surface area contributed by atoms with Crippen molar-refractivity contribution in [1.29, 1.82) is 0 Å². The average molecular weight is 452 g/mol. The molecule has 2 aromatic carbocycles. The fraction of sp³-hybridized carbons (Fsp3) is 0.250. The molecule has 1 heterocycles. The summed E-state index contributed by atoms with van der Waals surface area (Å²) in [7, 11) is -0.226. The normalized spacial score (nSPS) is 12.9. The Morgan fingerprint density at radius 1 is 1.22 bits per heavy atom. The predicted molar refractivity (Wildman–Crippen MR) is 132 cm³/mol. The summed E-state index contributed by atoms with van der Waals surface area (Å²) < 4.78 is 29.5. The van der Waals surface area contributed by atoms with Gasteiger partial charge in [0, 0.05) is 38.5 Å². The van der Waals surface area contributed by atoms with Gasteiger partial charge in [0.05, 0.1) is 21.6 Å². The maximum atomic E-state index is 13.1. The number of aromatic nitrogens is 2. The Morgan fingerprint density at radius 3 is 2.56 bits per heavy atom. The number of aryl methyl sites for hydroxylation is 1. The highest BCUT2D eigenvalue weighted by molar-refractivity contribution is 7.92. The van der Waals surface area contributed by atoms with Crippen LogP contribution in [0, 0.1) is 0 Å². The zero-order valence-electron chi connectivity index (χ0n) is 18.9. The molecule has 1 aromatic heterocycles. The molecule has 0 fully saturated rings. The van der Waals surface area contributed by atoms with Crippen LogP contribution in [0.15, 0.2) is 82.3 Å². The van der Waals surface area contributed by atoms with Crippen molar-refractivity contribution in [3.8, 4) is 0 Å². The largest absolute Gasteiger partial charge is 0.398 e. The van der Waals surface area contributed by atoms with Gasteiger partial charge in [-0.25, -0.2) is 13.4 Å². The predicted octanol–water partition coefficient (Wildman–Crippen LogP) is 3.82. The highest BCUT2D eigenvalue weighted by Crippen LogP contribution is 2.25. The molecule has 168 valence electrons. The van der Waals surface area contributed by atoms with Gasteiger partial charge in [-0.3, -0.25) is 9.30 Å². The Morgan fingerprint density at radius 2 is 1.91 bits per heavy atom. The van der Waals surface area contributed by atoms with Crippen molar-refractivity contribution >= 4 is 32.5 Å². The fourth-order valence-electron chi connectivity index (χ4n) is 3.27. The molecule has 0 aliphatic carbocycles. The van der Waals surface area contributed by atoms with Gasteiger partial charge in [-0.05, 0) is 55.8 Å². The van der Waals surface area contributed by atoms with Crippen LogP contribution in [0.25, 0.3) is 11.0 Å². The Hall–Kier alpha value is -3.39. The molecular weight excluding hydrogens is 422 g/mol. The molecule has 0 amide bonds. The van der Waals surface area contributed by atoms with Gasteiger partial charge in [0.15, 0.2) is 0 Å². The Labute approximate surface area is 189 Å². The van der Waals surface area contributed by atoms with E-state index in [9.17, 15) is 8.42 Å². The molecule has 0 bridgehead atoms. The van der Waals surface area contributed by atoms with E-state index in [2.05, 4.69) is 16.6 Å². The first-order chi connectivity index (χ1) is 15.1. The number of rotatable bonds is 8. The number of sulfonamides is 1. The molecule has 32 heavy (non-hydrogen) atoms. The molecule has 3 rings (SSSR count). The van der Waals surface area contributed by atoms with E-state index in [0.29, 0.717) is 29.9 Å². The number of hydrogen-bond acceptors (Lipinski definition) is 5. The van der Waals surface area contributed by atoms with E-state index in [1.165, 1.54) is 4.31 Å². The quantitative estimate of drug-likeness (QED) is 0.416. The number of nitrogens with two attached hydrogens (primary N) is 1. The monoisotopic (exact) mass is 451 g/mol. The lowest BCUT2D eigenvalue weighted by molar-refractivity contribution is 0.594. The van der Waals surface area contributed by atoms with Crippen molar-refractivity contribution in [3.63, 3.8) is 0 Å². The summed E-state index contributed by atoms with van der Waals surface area (Å²) >= 11 is 0. The van der Waals surface area contributed by atoms with E-state index >= 15 is 0 Å². The zero-order chi connectivity index (χ0) is 23.5. The van der Waals surface area contributed by atoms with Gasteiger partial charge in [-0.15, -0.1) is 0 Å². The summed E-state index contributed by atoms with van der Waals surface area (Å²) in [6.45, 7) is 8.11. The number of benzene rings is 2. The first-order valence-corrected chi connectivity index (χ1v) is 11.7. The molecule has 0 saturated heterocycles. The van der Waals surface area contributed by atoms with E-state index in [4.69, 9.17) is 5.73 Å². The fourth-order valence-corrected chi connectivity index (χ4v) is 4.49. The molecule has 3 aromatic rings. The van der Waals surface area contributed by atoms with E-state index < -0.39 is 10.0 Å². The summed E-state index contributed by atoms with van der Waals surface area (Å²) in [6, 6.07) is 14.0. The third-order valence-electron chi connectivity index (χ3n) is 5.28. The Kier molecular flexibility index (Phi) is 6.84. The third-order valence-corrected chi connectivity index (χ3v) is 7.06. The molecule has 0 atom stereocenters. The van der Waals surface area contributed by atoms with Crippen LogP contribution in [-0.2, 0) is 23.5 Å². The second kappa shape index (κ2) is 9.40. The summed E-state index contributed by atoms with van der Waals surface area (Å²) in [5, 5.41) is 0. The highest BCUT2D eigenvalue weighted by atomic mass is 32.2. The number of para-hydroxylation sites is 1. The zero-order valence-corrected chi connectivity index (χ0v) is 19.7. The first kappa shape index (κ1) is 23.3. The maximum absolute atomic E-state index is 13.1. The van der Waals surface area contributed by atoms with E-state index in [1.807, 2.05) is 43.7 Å². The smallest absolute Gasteiger partial charge is 0.264 e. The number of imidazole rings is 1. The molecule has 0 unspecified atom stereocenters. The van der Waals surface area contributed by atoms with Crippen LogP contribution < -0.4 is 10.0 Å². The van der Waals surface area contributed by atoms with Crippen molar-refractivity contribution in [2.24, 2.45) is 17.8 Å². The minimum Gasteiger partial charge on any atom is -0.398 e. The molecule has 0 spiro atoms. The molecule has 0 saturated carbocycles.